The van der Waals surface area contributed by atoms with Crippen LogP contribution in [0.5, 0.6) is 0 Å². The fourth-order valence-electron chi connectivity index (χ4n) is 13.9. The van der Waals surface area contributed by atoms with Gasteiger partial charge in [-0.3, -0.25) is 37.3 Å². The number of ether oxygens (including phenoxy) is 4. The van der Waals surface area contributed by atoms with E-state index in [1.165, 1.54) is 302 Å². The summed E-state index contributed by atoms with van der Waals surface area (Å²) >= 11 is 0. The standard InChI is InChI=1S/C88H172O17P2/c1-5-9-13-17-21-24-27-30-33-36-39-41-43-46-48-51-54-57-61-65-69-73-86(91)99-79-84(105-88(93)75-71-67-63-59-56-53-50-47-44-42-40-37-34-31-28-25-22-18-14-10-6-2)81-103-107(96,97)101-77-82(89)76-100-106(94,95)102-80-83(78-98-85(90)72-68-64-60-20-16-12-8-4)104-87(92)74-70-66-62-58-55-52-49-45-38-35-32-29-26-23-19-15-11-7-3/h82-84,89H,5-81H2,1-4H3,(H,94,95)(H,96,97)/t82-,83+,84+/m0/s1. The van der Waals surface area contributed by atoms with E-state index < -0.39 is 97.5 Å². The molecular weight excluding hydrogens is 1390 g/mol. The number of carbonyl (C=O) groups is 4. The zero-order valence-corrected chi connectivity index (χ0v) is 71.9. The highest BCUT2D eigenvalue weighted by Gasteiger charge is 2.30. The number of aliphatic hydroxyl groups is 1. The Morgan fingerprint density at radius 2 is 0.374 bits per heavy atom. The molecule has 636 valence electrons. The minimum absolute atomic E-state index is 0.109. The third-order valence-corrected chi connectivity index (χ3v) is 22.8. The molecule has 0 fully saturated rings. The molecule has 0 spiro atoms. The van der Waals surface area contributed by atoms with Gasteiger partial charge >= 0.3 is 39.5 Å². The molecule has 107 heavy (non-hydrogen) atoms. The highest BCUT2D eigenvalue weighted by Crippen LogP contribution is 2.45. The Hall–Kier alpha value is -1.94. The van der Waals surface area contributed by atoms with Gasteiger partial charge in [-0.2, -0.15) is 0 Å². The second-order valence-electron chi connectivity index (χ2n) is 31.6. The lowest BCUT2D eigenvalue weighted by Gasteiger charge is -2.21. The first kappa shape index (κ1) is 105. The van der Waals surface area contributed by atoms with Crippen LogP contribution in [0.3, 0.4) is 0 Å². The van der Waals surface area contributed by atoms with Gasteiger partial charge in [0.2, 0.25) is 0 Å². The summed E-state index contributed by atoms with van der Waals surface area (Å²) in [5.74, 6) is -2.10. The van der Waals surface area contributed by atoms with Crippen LogP contribution in [-0.4, -0.2) is 96.7 Å². The fraction of sp³-hybridized carbons (Fsp3) is 0.955. The number of unbranched alkanes of at least 4 members (excludes halogenated alkanes) is 63. The molecule has 5 atom stereocenters. The molecule has 0 aliphatic rings. The number of phosphoric ester groups is 2. The Morgan fingerprint density at radius 1 is 0.224 bits per heavy atom. The average Bonchev–Trinajstić information content (AvgIpc) is 0.909. The van der Waals surface area contributed by atoms with Crippen LogP contribution >= 0.6 is 15.6 Å². The number of hydrogen-bond donors (Lipinski definition) is 3. The van der Waals surface area contributed by atoms with Crippen molar-refractivity contribution in [3.8, 4) is 0 Å². The predicted molar refractivity (Wildman–Crippen MR) is 442 cm³/mol. The monoisotopic (exact) mass is 1560 g/mol. The summed E-state index contributed by atoms with van der Waals surface area (Å²) in [6, 6.07) is 0. The molecule has 0 saturated carbocycles. The number of rotatable bonds is 89. The summed E-state index contributed by atoms with van der Waals surface area (Å²) in [5, 5.41) is 10.7. The predicted octanol–water partition coefficient (Wildman–Crippen LogP) is 27.3. The quantitative estimate of drug-likeness (QED) is 0.0222. The van der Waals surface area contributed by atoms with Crippen LogP contribution in [0, 0.1) is 0 Å². The SMILES string of the molecule is CCCCCCCCCCCCCCCCCCCCCCCC(=O)OC[C@H](COP(=O)(O)OC[C@@H](O)COP(=O)(O)OC[C@@H](COC(=O)CCCCCCCCC)OC(=O)CCCCCCCCCCCCCCCCCCCC)OC(=O)CCCCCCCCCCCCCCCCCCCCCCC. The lowest BCUT2D eigenvalue weighted by Crippen LogP contribution is -2.30. The van der Waals surface area contributed by atoms with E-state index in [9.17, 15) is 43.2 Å². The summed E-state index contributed by atoms with van der Waals surface area (Å²) in [6.45, 7) is 5.02. The topological polar surface area (TPSA) is 237 Å². The van der Waals surface area contributed by atoms with Crippen molar-refractivity contribution in [2.75, 3.05) is 39.6 Å². The molecule has 0 aliphatic carbocycles. The maximum absolute atomic E-state index is 13.1. The molecule has 3 N–H and O–H groups in total. The Kier molecular flexibility index (Phi) is 80.6. The molecule has 0 rings (SSSR count). The number of esters is 4. The minimum atomic E-state index is -4.96. The molecule has 0 aromatic rings. The Morgan fingerprint density at radius 3 is 0.551 bits per heavy atom. The fourth-order valence-corrected chi connectivity index (χ4v) is 15.5. The van der Waals surface area contributed by atoms with Crippen molar-refractivity contribution >= 4 is 39.5 Å². The van der Waals surface area contributed by atoms with Gasteiger partial charge in [-0.15, -0.1) is 0 Å². The van der Waals surface area contributed by atoms with Crippen molar-refractivity contribution in [1.82, 2.24) is 0 Å². The van der Waals surface area contributed by atoms with E-state index in [2.05, 4.69) is 27.7 Å². The first-order valence-corrected chi connectivity index (χ1v) is 48.8. The van der Waals surface area contributed by atoms with Gasteiger partial charge in [0.15, 0.2) is 12.2 Å². The lowest BCUT2D eigenvalue weighted by atomic mass is 10.0. The van der Waals surface area contributed by atoms with Crippen LogP contribution in [0.4, 0.5) is 0 Å². The summed E-state index contributed by atoms with van der Waals surface area (Å²) in [4.78, 5) is 73.1. The Bertz CT molecular complexity index is 2020. The molecule has 0 saturated heterocycles. The molecule has 17 nitrogen and oxygen atoms in total. The maximum atomic E-state index is 13.1. The van der Waals surface area contributed by atoms with Crippen molar-refractivity contribution in [3.63, 3.8) is 0 Å². The van der Waals surface area contributed by atoms with Crippen LogP contribution in [0.15, 0.2) is 0 Å². The first-order chi connectivity index (χ1) is 52.2. The van der Waals surface area contributed by atoms with Crippen LogP contribution in [0.1, 0.15) is 484 Å². The Labute approximate surface area is 658 Å². The number of aliphatic hydroxyl groups excluding tert-OH is 1. The first-order valence-electron chi connectivity index (χ1n) is 45.8. The molecular formula is C88H172O17P2. The molecule has 0 aliphatic heterocycles. The van der Waals surface area contributed by atoms with E-state index in [1.54, 1.807) is 0 Å². The second kappa shape index (κ2) is 82.1. The largest absolute Gasteiger partial charge is 0.472 e. The van der Waals surface area contributed by atoms with E-state index in [1.807, 2.05) is 0 Å². The summed E-state index contributed by atoms with van der Waals surface area (Å²) in [7, 11) is -9.92. The van der Waals surface area contributed by atoms with Crippen molar-refractivity contribution in [1.29, 1.82) is 0 Å². The van der Waals surface area contributed by atoms with Crippen LogP contribution in [-0.2, 0) is 65.4 Å². The van der Waals surface area contributed by atoms with Crippen LogP contribution in [0.25, 0.3) is 0 Å². The highest BCUT2D eigenvalue weighted by atomic mass is 31.2. The third kappa shape index (κ3) is 81.9. The summed E-state index contributed by atoms with van der Waals surface area (Å²) < 4.78 is 68.8. The number of hydrogen-bond acceptors (Lipinski definition) is 15. The Balaban J connectivity index is 5.14. The van der Waals surface area contributed by atoms with E-state index in [0.717, 1.165) is 103 Å². The highest BCUT2D eigenvalue weighted by molar-refractivity contribution is 7.47. The smallest absolute Gasteiger partial charge is 0.462 e. The van der Waals surface area contributed by atoms with Gasteiger partial charge < -0.3 is 33.8 Å². The zero-order valence-electron chi connectivity index (χ0n) is 70.1. The van der Waals surface area contributed by atoms with E-state index in [-0.39, 0.29) is 25.7 Å². The van der Waals surface area contributed by atoms with E-state index in [4.69, 9.17) is 37.0 Å². The van der Waals surface area contributed by atoms with Gasteiger partial charge in [0.1, 0.15) is 19.3 Å². The zero-order chi connectivity index (χ0) is 78.1. The number of carbonyl (C=O) groups excluding carboxylic acids is 4. The van der Waals surface area contributed by atoms with Crippen LogP contribution < -0.4 is 0 Å². The van der Waals surface area contributed by atoms with Crippen molar-refractivity contribution in [2.24, 2.45) is 0 Å². The molecule has 0 heterocycles. The van der Waals surface area contributed by atoms with Crippen LogP contribution in [0.2, 0.25) is 0 Å². The van der Waals surface area contributed by atoms with Gasteiger partial charge in [0, 0.05) is 25.7 Å². The van der Waals surface area contributed by atoms with Gasteiger partial charge in [-0.1, -0.05) is 432 Å². The van der Waals surface area contributed by atoms with E-state index >= 15 is 0 Å². The van der Waals surface area contributed by atoms with Gasteiger partial charge in [-0.05, 0) is 25.7 Å². The molecule has 19 heteroatoms. The van der Waals surface area contributed by atoms with Crippen molar-refractivity contribution in [3.05, 3.63) is 0 Å². The summed E-state index contributed by atoms with van der Waals surface area (Å²) in [5.41, 5.74) is 0. The van der Waals surface area contributed by atoms with Crippen molar-refractivity contribution < 1.29 is 80.2 Å². The molecule has 0 amide bonds. The molecule has 0 aromatic carbocycles. The number of phosphoric acid groups is 2. The molecule has 0 bridgehead atoms. The average molecular weight is 1560 g/mol. The molecule has 0 radical (unpaired) electrons. The minimum Gasteiger partial charge on any atom is -0.462 e. The van der Waals surface area contributed by atoms with E-state index in [0.29, 0.717) is 25.7 Å². The normalized spacial score (nSPS) is 13.7. The second-order valence-corrected chi connectivity index (χ2v) is 34.5. The van der Waals surface area contributed by atoms with Gasteiger partial charge in [-0.25, -0.2) is 9.13 Å². The van der Waals surface area contributed by atoms with Gasteiger partial charge in [0.05, 0.1) is 26.4 Å². The lowest BCUT2D eigenvalue weighted by molar-refractivity contribution is -0.161. The molecule has 0 aromatic heterocycles. The van der Waals surface area contributed by atoms with Gasteiger partial charge in [0.25, 0.3) is 0 Å². The maximum Gasteiger partial charge on any atom is 0.472 e. The molecule has 2 unspecified atom stereocenters. The summed E-state index contributed by atoms with van der Waals surface area (Å²) in [6.07, 6.45) is 78.2. The van der Waals surface area contributed by atoms with Crippen molar-refractivity contribution in [2.45, 2.75) is 502 Å². The third-order valence-electron chi connectivity index (χ3n) is 20.9.